The van der Waals surface area contributed by atoms with Crippen LogP contribution in [-0.2, 0) is 27.2 Å². The standard InChI is InChI=1S/C22H22F3N3O4S3/c1-11-19(14-7-8-16(35(2,31)32)15(9-14)22(23,24)25)33-17(26-11)10-18-27-28-20(34-18)12-3-5-13(6-4-12)21(29)30/h7-9,12-13H,3-6,10H2,1-2H3,(H,29,30). The number of carboxylic acids is 1. The second-order valence-corrected chi connectivity index (χ2v) is 12.8. The van der Waals surface area contributed by atoms with Crippen molar-refractivity contribution in [3.8, 4) is 10.4 Å². The molecule has 7 nitrogen and oxygen atoms in total. The summed E-state index contributed by atoms with van der Waals surface area (Å²) in [5.41, 5.74) is -0.403. The fourth-order valence-corrected chi connectivity index (χ4v) is 7.29. The Morgan fingerprint density at radius 1 is 1.11 bits per heavy atom. The molecule has 3 aromatic rings. The molecule has 1 aliphatic carbocycles. The van der Waals surface area contributed by atoms with Crippen molar-refractivity contribution < 1.29 is 31.5 Å². The third-order valence-electron chi connectivity index (χ3n) is 6.00. The molecule has 0 spiro atoms. The number of sulfone groups is 1. The quantitative estimate of drug-likeness (QED) is 0.445. The first-order chi connectivity index (χ1) is 16.3. The first kappa shape index (κ1) is 25.7. The Kier molecular flexibility index (Phi) is 7.04. The lowest BCUT2D eigenvalue weighted by Crippen LogP contribution is -2.20. The molecule has 0 bridgehead atoms. The molecule has 1 fully saturated rings. The number of nitrogens with zero attached hydrogens (tertiary/aromatic N) is 3. The van der Waals surface area contributed by atoms with E-state index >= 15 is 0 Å². The van der Waals surface area contributed by atoms with E-state index in [0.29, 0.717) is 34.8 Å². The zero-order chi connectivity index (χ0) is 25.5. The number of aromatic nitrogens is 3. The number of thiazole rings is 1. The molecule has 1 N–H and O–H groups in total. The van der Waals surface area contributed by atoms with Crippen molar-refractivity contribution in [2.24, 2.45) is 5.92 Å². The van der Waals surface area contributed by atoms with Crippen molar-refractivity contribution in [3.63, 3.8) is 0 Å². The molecule has 4 rings (SSSR count). The van der Waals surface area contributed by atoms with Crippen LogP contribution in [0.3, 0.4) is 0 Å². The van der Waals surface area contributed by atoms with Crippen molar-refractivity contribution in [2.45, 2.75) is 56.0 Å². The summed E-state index contributed by atoms with van der Waals surface area (Å²) in [6, 6.07) is 3.21. The molecule has 1 aliphatic rings. The summed E-state index contributed by atoms with van der Waals surface area (Å²) in [4.78, 5) is 15.4. The van der Waals surface area contributed by atoms with Gasteiger partial charge in [-0.2, -0.15) is 13.2 Å². The Bertz CT molecular complexity index is 1360. The number of hydrogen-bond donors (Lipinski definition) is 1. The SMILES string of the molecule is Cc1nc(Cc2nnc(C3CCC(C(=O)O)CC3)s2)sc1-c1ccc(S(C)(=O)=O)c(C(F)(F)F)c1. The van der Waals surface area contributed by atoms with Gasteiger partial charge in [0.15, 0.2) is 9.84 Å². The van der Waals surface area contributed by atoms with Crippen molar-refractivity contribution in [1.82, 2.24) is 15.2 Å². The molecule has 0 unspecified atom stereocenters. The van der Waals surface area contributed by atoms with E-state index in [9.17, 15) is 26.4 Å². The molecule has 0 saturated heterocycles. The van der Waals surface area contributed by atoms with Gasteiger partial charge in [-0.3, -0.25) is 4.79 Å². The molecular weight excluding hydrogens is 523 g/mol. The highest BCUT2D eigenvalue weighted by molar-refractivity contribution is 7.90. The van der Waals surface area contributed by atoms with Crippen LogP contribution in [0.2, 0.25) is 0 Å². The minimum Gasteiger partial charge on any atom is -0.481 e. The van der Waals surface area contributed by atoms with Crippen molar-refractivity contribution in [3.05, 3.63) is 44.5 Å². The molecule has 0 aliphatic heterocycles. The first-order valence-corrected chi connectivity index (χ1v) is 14.3. The lowest BCUT2D eigenvalue weighted by Gasteiger charge is -2.23. The minimum absolute atomic E-state index is 0.180. The summed E-state index contributed by atoms with van der Waals surface area (Å²) in [6.45, 7) is 1.69. The summed E-state index contributed by atoms with van der Waals surface area (Å²) in [7, 11) is -4.05. The Balaban J connectivity index is 1.54. The number of benzene rings is 1. The van der Waals surface area contributed by atoms with Crippen molar-refractivity contribution >= 4 is 38.5 Å². The minimum atomic E-state index is -4.82. The van der Waals surface area contributed by atoms with Gasteiger partial charge in [-0.1, -0.05) is 6.07 Å². The van der Waals surface area contributed by atoms with E-state index in [1.807, 2.05) is 0 Å². The highest BCUT2D eigenvalue weighted by atomic mass is 32.2. The van der Waals surface area contributed by atoms with Gasteiger partial charge in [-0.25, -0.2) is 13.4 Å². The highest BCUT2D eigenvalue weighted by Gasteiger charge is 2.36. The predicted octanol–water partition coefficient (Wildman–Crippen LogP) is 5.34. The number of halogens is 3. The molecule has 1 aromatic carbocycles. The number of rotatable bonds is 6. The maximum atomic E-state index is 13.6. The van der Waals surface area contributed by atoms with Crippen LogP contribution in [-0.4, -0.2) is 40.9 Å². The zero-order valence-corrected chi connectivity index (χ0v) is 21.2. The summed E-state index contributed by atoms with van der Waals surface area (Å²) < 4.78 is 64.4. The largest absolute Gasteiger partial charge is 0.481 e. The molecule has 0 radical (unpaired) electrons. The second-order valence-electron chi connectivity index (χ2n) is 8.60. The summed E-state index contributed by atoms with van der Waals surface area (Å²) >= 11 is 2.68. The van der Waals surface area contributed by atoms with E-state index in [0.717, 1.165) is 41.2 Å². The van der Waals surface area contributed by atoms with Gasteiger partial charge in [-0.05, 0) is 50.3 Å². The van der Waals surface area contributed by atoms with E-state index in [2.05, 4.69) is 15.2 Å². The molecular formula is C22H22F3N3O4S3. The number of alkyl halides is 3. The monoisotopic (exact) mass is 545 g/mol. The van der Waals surface area contributed by atoms with Gasteiger partial charge < -0.3 is 5.11 Å². The summed E-state index contributed by atoms with van der Waals surface area (Å²) in [5, 5.41) is 19.9. The van der Waals surface area contributed by atoms with Crippen LogP contribution in [0.4, 0.5) is 13.2 Å². The van der Waals surface area contributed by atoms with E-state index in [1.165, 1.54) is 28.7 Å². The number of aryl methyl sites for hydroxylation is 1. The molecule has 0 atom stereocenters. The van der Waals surface area contributed by atoms with Crippen LogP contribution in [0.15, 0.2) is 23.1 Å². The highest BCUT2D eigenvalue weighted by Crippen LogP contribution is 2.40. The van der Waals surface area contributed by atoms with Gasteiger partial charge in [0, 0.05) is 12.2 Å². The molecule has 2 aromatic heterocycles. The Morgan fingerprint density at radius 2 is 1.80 bits per heavy atom. The van der Waals surface area contributed by atoms with Crippen LogP contribution in [0.5, 0.6) is 0 Å². The van der Waals surface area contributed by atoms with Gasteiger partial charge >= 0.3 is 12.1 Å². The normalized spacial score (nSPS) is 19.1. The number of carboxylic acid groups (broad SMARTS) is 1. The second kappa shape index (κ2) is 9.58. The average molecular weight is 546 g/mol. The Morgan fingerprint density at radius 3 is 2.40 bits per heavy atom. The lowest BCUT2D eigenvalue weighted by atomic mass is 9.82. The van der Waals surface area contributed by atoms with Crippen molar-refractivity contribution in [2.75, 3.05) is 6.26 Å². The average Bonchev–Trinajstić information content (AvgIpc) is 3.38. The first-order valence-electron chi connectivity index (χ1n) is 10.8. The van der Waals surface area contributed by atoms with E-state index in [-0.39, 0.29) is 17.4 Å². The van der Waals surface area contributed by atoms with Gasteiger partial charge in [0.05, 0.1) is 33.4 Å². The fourth-order valence-electron chi connectivity index (χ4n) is 4.23. The lowest BCUT2D eigenvalue weighted by molar-refractivity contribution is -0.143. The predicted molar refractivity (Wildman–Crippen MR) is 125 cm³/mol. The van der Waals surface area contributed by atoms with Crippen LogP contribution in [0, 0.1) is 12.8 Å². The third kappa shape index (κ3) is 5.72. The molecule has 35 heavy (non-hydrogen) atoms. The maximum Gasteiger partial charge on any atom is 0.417 e. The number of aliphatic carboxylic acids is 1. The van der Waals surface area contributed by atoms with Gasteiger partial charge in [0.25, 0.3) is 0 Å². The van der Waals surface area contributed by atoms with E-state index in [1.54, 1.807) is 6.92 Å². The van der Waals surface area contributed by atoms with E-state index in [4.69, 9.17) is 5.11 Å². The summed E-state index contributed by atoms with van der Waals surface area (Å²) in [6.07, 6.45) is -0.969. The molecule has 1 saturated carbocycles. The topological polar surface area (TPSA) is 110 Å². The third-order valence-corrected chi connectivity index (χ3v) is 9.45. The number of carbonyl (C=O) groups is 1. The molecule has 188 valence electrons. The van der Waals surface area contributed by atoms with Crippen LogP contribution in [0.1, 0.15) is 57.9 Å². The molecule has 13 heteroatoms. The Labute approximate surface area is 208 Å². The maximum absolute atomic E-state index is 13.6. The summed E-state index contributed by atoms with van der Waals surface area (Å²) in [5.74, 6) is -0.885. The van der Waals surface area contributed by atoms with E-state index < -0.39 is 32.4 Å². The van der Waals surface area contributed by atoms with Crippen molar-refractivity contribution in [1.29, 1.82) is 0 Å². The Hall–Kier alpha value is -2.38. The van der Waals surface area contributed by atoms with Gasteiger partial charge in [-0.15, -0.1) is 32.9 Å². The van der Waals surface area contributed by atoms with Crippen LogP contribution < -0.4 is 0 Å². The molecule has 0 amide bonds. The van der Waals surface area contributed by atoms with Gasteiger partial charge in [0.1, 0.15) is 15.0 Å². The smallest absolute Gasteiger partial charge is 0.417 e. The van der Waals surface area contributed by atoms with Crippen LogP contribution >= 0.6 is 22.7 Å². The van der Waals surface area contributed by atoms with Gasteiger partial charge in [0.2, 0.25) is 0 Å². The zero-order valence-electron chi connectivity index (χ0n) is 18.8. The number of hydrogen-bond acceptors (Lipinski definition) is 8. The fraction of sp³-hybridized carbons (Fsp3) is 0.455. The van der Waals surface area contributed by atoms with Crippen LogP contribution in [0.25, 0.3) is 10.4 Å². The molecule has 2 heterocycles.